The van der Waals surface area contributed by atoms with Crippen LogP contribution in [0.3, 0.4) is 0 Å². The summed E-state index contributed by atoms with van der Waals surface area (Å²) in [5.74, 6) is 0.491. The number of hydrogen-bond acceptors (Lipinski definition) is 5. The van der Waals surface area contributed by atoms with E-state index in [1.54, 1.807) is 12.1 Å². The van der Waals surface area contributed by atoms with Crippen LogP contribution in [0.4, 0.5) is 5.69 Å². The Kier molecular flexibility index (Phi) is 7.93. The lowest BCUT2D eigenvalue weighted by Gasteiger charge is -2.16. The molecule has 32 heavy (non-hydrogen) atoms. The predicted molar refractivity (Wildman–Crippen MR) is 128 cm³/mol. The first kappa shape index (κ1) is 23.8. The number of rotatable bonds is 8. The van der Waals surface area contributed by atoms with Crippen LogP contribution in [0.25, 0.3) is 0 Å². The summed E-state index contributed by atoms with van der Waals surface area (Å²) < 4.78 is 1.91. The molecule has 0 saturated heterocycles. The summed E-state index contributed by atoms with van der Waals surface area (Å²) in [6.45, 7) is 8.27. The molecule has 0 fully saturated rings. The first-order valence-electron chi connectivity index (χ1n) is 10.3. The summed E-state index contributed by atoms with van der Waals surface area (Å²) in [6, 6.07) is 12.5. The largest absolute Gasteiger partial charge is 0.342 e. The van der Waals surface area contributed by atoms with Crippen LogP contribution in [0.2, 0.25) is 5.02 Å². The van der Waals surface area contributed by atoms with Gasteiger partial charge in [-0.3, -0.25) is 9.59 Å². The minimum absolute atomic E-state index is 0.161. The second kappa shape index (κ2) is 10.7. The van der Waals surface area contributed by atoms with Crippen molar-refractivity contribution in [2.45, 2.75) is 45.4 Å². The third-order valence-electron chi connectivity index (χ3n) is 4.97. The number of benzene rings is 2. The molecule has 1 aromatic heterocycles. The van der Waals surface area contributed by atoms with Gasteiger partial charge in [-0.15, -0.1) is 10.2 Å². The van der Waals surface area contributed by atoms with Crippen molar-refractivity contribution < 1.29 is 9.59 Å². The van der Waals surface area contributed by atoms with Crippen molar-refractivity contribution in [3.05, 3.63) is 70.0 Å². The molecule has 7 nitrogen and oxygen atoms in total. The number of hydrogen-bond donors (Lipinski definition) is 2. The van der Waals surface area contributed by atoms with E-state index in [0.717, 1.165) is 11.1 Å². The van der Waals surface area contributed by atoms with Gasteiger partial charge in [-0.25, -0.2) is 0 Å². The summed E-state index contributed by atoms with van der Waals surface area (Å²) in [6.07, 6.45) is 0. The van der Waals surface area contributed by atoms with E-state index in [1.165, 1.54) is 11.8 Å². The Hall–Kier alpha value is -2.84. The van der Waals surface area contributed by atoms with Crippen molar-refractivity contribution in [3.63, 3.8) is 0 Å². The Labute approximate surface area is 197 Å². The van der Waals surface area contributed by atoms with E-state index in [4.69, 9.17) is 11.6 Å². The Balaban J connectivity index is 1.63. The predicted octanol–water partition coefficient (Wildman–Crippen LogP) is 4.79. The van der Waals surface area contributed by atoms with E-state index >= 15 is 0 Å². The Bertz CT molecular complexity index is 1130. The minimum Gasteiger partial charge on any atom is -0.342 e. The number of anilines is 1. The average molecular weight is 472 g/mol. The molecule has 3 rings (SSSR count). The van der Waals surface area contributed by atoms with Crippen LogP contribution in [0.5, 0.6) is 0 Å². The third kappa shape index (κ3) is 5.69. The Morgan fingerprint density at radius 3 is 2.56 bits per heavy atom. The molecule has 0 aliphatic rings. The number of carbonyl (C=O) groups is 2. The van der Waals surface area contributed by atoms with E-state index in [2.05, 4.69) is 20.8 Å². The number of thioether (sulfide) groups is 1. The quantitative estimate of drug-likeness (QED) is 0.461. The highest BCUT2D eigenvalue weighted by atomic mass is 35.5. The standard InChI is InChI=1S/C23H26ClN5O2S/c1-5-29-21(16(4)25-22(31)18-9-7-6-8-14(18)2)27-28-23(29)32-13-20(30)26-17-11-10-15(3)19(24)12-17/h6-12,16H,5,13H2,1-4H3,(H,25,31)(H,26,30)/t16-/m1/s1. The highest BCUT2D eigenvalue weighted by Crippen LogP contribution is 2.23. The molecule has 0 aliphatic carbocycles. The van der Waals surface area contributed by atoms with Gasteiger partial charge in [0.05, 0.1) is 11.8 Å². The fourth-order valence-electron chi connectivity index (χ4n) is 3.19. The fraction of sp³-hybridized carbons (Fsp3) is 0.304. The number of carbonyl (C=O) groups excluding carboxylic acids is 2. The SMILES string of the molecule is CCn1c(SCC(=O)Nc2ccc(C)c(Cl)c2)nnc1[C@@H](C)NC(=O)c1ccccc1C. The lowest BCUT2D eigenvalue weighted by atomic mass is 10.1. The van der Waals surface area contributed by atoms with Crippen LogP contribution in [-0.2, 0) is 11.3 Å². The first-order chi connectivity index (χ1) is 15.3. The minimum atomic E-state index is -0.340. The van der Waals surface area contributed by atoms with E-state index in [0.29, 0.717) is 33.8 Å². The zero-order chi connectivity index (χ0) is 23.3. The molecule has 0 unspecified atom stereocenters. The van der Waals surface area contributed by atoms with E-state index in [-0.39, 0.29) is 23.6 Å². The molecule has 0 spiro atoms. The number of nitrogens with zero attached hydrogens (tertiary/aromatic N) is 3. The van der Waals surface area contributed by atoms with Gasteiger partial charge in [-0.05, 0) is 57.0 Å². The van der Waals surface area contributed by atoms with Gasteiger partial charge in [0.25, 0.3) is 5.91 Å². The maximum atomic E-state index is 12.7. The lowest BCUT2D eigenvalue weighted by molar-refractivity contribution is -0.113. The molecule has 0 aliphatic heterocycles. The van der Waals surface area contributed by atoms with Gasteiger partial charge in [0.1, 0.15) is 0 Å². The van der Waals surface area contributed by atoms with Crippen molar-refractivity contribution in [1.82, 2.24) is 20.1 Å². The smallest absolute Gasteiger partial charge is 0.252 e. The first-order valence-corrected chi connectivity index (χ1v) is 11.6. The van der Waals surface area contributed by atoms with Crippen LogP contribution in [-0.4, -0.2) is 32.3 Å². The molecule has 1 atom stereocenters. The molecular formula is C23H26ClN5O2S. The van der Waals surface area contributed by atoms with Gasteiger partial charge < -0.3 is 15.2 Å². The van der Waals surface area contributed by atoms with Gasteiger partial charge in [-0.2, -0.15) is 0 Å². The molecule has 2 aromatic carbocycles. The van der Waals surface area contributed by atoms with Crippen molar-refractivity contribution in [1.29, 1.82) is 0 Å². The van der Waals surface area contributed by atoms with Crippen LogP contribution < -0.4 is 10.6 Å². The molecule has 9 heteroatoms. The maximum absolute atomic E-state index is 12.7. The van der Waals surface area contributed by atoms with Crippen molar-refractivity contribution >= 4 is 40.9 Å². The normalized spacial score (nSPS) is 11.8. The number of aromatic nitrogens is 3. The van der Waals surface area contributed by atoms with E-state index in [1.807, 2.05) is 62.6 Å². The number of nitrogens with one attached hydrogen (secondary N) is 2. The summed E-state index contributed by atoms with van der Waals surface area (Å²) in [7, 11) is 0. The summed E-state index contributed by atoms with van der Waals surface area (Å²) in [5, 5.41) is 15.6. The van der Waals surface area contributed by atoms with Crippen LogP contribution in [0.1, 0.15) is 47.2 Å². The van der Waals surface area contributed by atoms with Crippen LogP contribution >= 0.6 is 23.4 Å². The molecule has 0 bridgehead atoms. The number of amides is 2. The average Bonchev–Trinajstić information content (AvgIpc) is 3.18. The van der Waals surface area contributed by atoms with E-state index in [9.17, 15) is 9.59 Å². The second-order valence-electron chi connectivity index (χ2n) is 7.40. The van der Waals surface area contributed by atoms with Crippen LogP contribution in [0, 0.1) is 13.8 Å². The van der Waals surface area contributed by atoms with Gasteiger partial charge >= 0.3 is 0 Å². The third-order valence-corrected chi connectivity index (χ3v) is 6.35. The maximum Gasteiger partial charge on any atom is 0.252 e. The lowest BCUT2D eigenvalue weighted by Crippen LogP contribution is -2.29. The second-order valence-corrected chi connectivity index (χ2v) is 8.75. The zero-order valence-electron chi connectivity index (χ0n) is 18.5. The zero-order valence-corrected chi connectivity index (χ0v) is 20.0. The molecule has 2 N–H and O–H groups in total. The molecular weight excluding hydrogens is 446 g/mol. The Morgan fingerprint density at radius 2 is 1.88 bits per heavy atom. The fourth-order valence-corrected chi connectivity index (χ4v) is 4.18. The Morgan fingerprint density at radius 1 is 1.12 bits per heavy atom. The monoisotopic (exact) mass is 471 g/mol. The molecule has 1 heterocycles. The molecule has 3 aromatic rings. The van der Waals surface area contributed by atoms with Gasteiger partial charge in [0, 0.05) is 22.8 Å². The number of aryl methyl sites for hydroxylation is 2. The topological polar surface area (TPSA) is 88.9 Å². The van der Waals surface area contributed by atoms with Gasteiger partial charge in [0.15, 0.2) is 11.0 Å². The summed E-state index contributed by atoms with van der Waals surface area (Å²) >= 11 is 7.41. The van der Waals surface area contributed by atoms with Crippen LogP contribution in [0.15, 0.2) is 47.6 Å². The molecule has 0 radical (unpaired) electrons. The van der Waals surface area contributed by atoms with E-state index < -0.39 is 0 Å². The van der Waals surface area contributed by atoms with Crippen molar-refractivity contribution in [2.24, 2.45) is 0 Å². The van der Waals surface area contributed by atoms with Gasteiger partial charge in [0.2, 0.25) is 5.91 Å². The molecule has 168 valence electrons. The highest BCUT2D eigenvalue weighted by Gasteiger charge is 2.20. The van der Waals surface area contributed by atoms with Crippen molar-refractivity contribution in [2.75, 3.05) is 11.1 Å². The summed E-state index contributed by atoms with van der Waals surface area (Å²) in [5.41, 5.74) is 3.14. The molecule has 0 saturated carbocycles. The summed E-state index contributed by atoms with van der Waals surface area (Å²) in [4.78, 5) is 25.0. The number of halogens is 1. The molecule has 2 amide bonds. The van der Waals surface area contributed by atoms with Crippen molar-refractivity contribution in [3.8, 4) is 0 Å². The highest BCUT2D eigenvalue weighted by molar-refractivity contribution is 7.99. The van der Waals surface area contributed by atoms with Gasteiger partial charge in [-0.1, -0.05) is 47.6 Å².